The van der Waals surface area contributed by atoms with Gasteiger partial charge in [0.05, 0.1) is 6.61 Å². The predicted molar refractivity (Wildman–Crippen MR) is 77.8 cm³/mol. The van der Waals surface area contributed by atoms with Crippen LogP contribution in [0.4, 0.5) is 0 Å². The highest BCUT2D eigenvalue weighted by Gasteiger charge is 2.10. The normalized spacial score (nSPS) is 14.7. The molecule has 1 rings (SSSR count). The van der Waals surface area contributed by atoms with Crippen molar-refractivity contribution >= 4 is 0 Å². The van der Waals surface area contributed by atoms with Gasteiger partial charge in [0, 0.05) is 6.04 Å². The first-order chi connectivity index (χ1) is 8.63. The molecule has 0 heterocycles. The second-order valence-electron chi connectivity index (χ2n) is 5.56. The van der Waals surface area contributed by atoms with Gasteiger partial charge < -0.3 is 10.4 Å². The first kappa shape index (κ1) is 15.2. The summed E-state index contributed by atoms with van der Waals surface area (Å²) in [5, 5.41) is 12.7. The van der Waals surface area contributed by atoms with Crippen LogP contribution in [0.3, 0.4) is 0 Å². The molecule has 18 heavy (non-hydrogen) atoms. The zero-order chi connectivity index (χ0) is 13.4. The van der Waals surface area contributed by atoms with Gasteiger partial charge in [0.15, 0.2) is 0 Å². The summed E-state index contributed by atoms with van der Waals surface area (Å²) in [5.74, 6) is 1.19. The molecule has 0 bridgehead atoms. The third-order valence-electron chi connectivity index (χ3n) is 3.36. The monoisotopic (exact) mass is 249 g/mol. The summed E-state index contributed by atoms with van der Waals surface area (Å²) in [5.41, 5.74) is 1.39. The van der Waals surface area contributed by atoms with E-state index in [-0.39, 0.29) is 12.6 Å². The lowest BCUT2D eigenvalue weighted by Crippen LogP contribution is -2.34. The van der Waals surface area contributed by atoms with Crippen LogP contribution in [0.5, 0.6) is 0 Å². The Kier molecular flexibility index (Phi) is 6.99. The molecule has 0 saturated carbocycles. The molecule has 0 amide bonds. The van der Waals surface area contributed by atoms with Gasteiger partial charge in [-0.15, -0.1) is 0 Å². The van der Waals surface area contributed by atoms with E-state index in [0.717, 1.165) is 19.4 Å². The molecule has 2 atom stereocenters. The summed E-state index contributed by atoms with van der Waals surface area (Å²) >= 11 is 0. The summed E-state index contributed by atoms with van der Waals surface area (Å²) in [6.07, 6.45) is 2.15. The molecule has 0 saturated heterocycles. The lowest BCUT2D eigenvalue weighted by Gasteiger charge is -2.19. The van der Waals surface area contributed by atoms with Crippen molar-refractivity contribution in [2.45, 2.75) is 45.6 Å². The Bertz CT molecular complexity index is 310. The lowest BCUT2D eigenvalue weighted by atomic mass is 9.97. The number of benzene rings is 1. The van der Waals surface area contributed by atoms with E-state index in [9.17, 15) is 5.11 Å². The van der Waals surface area contributed by atoms with Crippen molar-refractivity contribution in [2.24, 2.45) is 5.92 Å². The number of rotatable bonds is 8. The molecule has 0 aromatic heterocycles. The lowest BCUT2D eigenvalue weighted by molar-refractivity contribution is 0.223. The summed E-state index contributed by atoms with van der Waals surface area (Å²) in [4.78, 5) is 0. The number of aliphatic hydroxyl groups is 1. The molecule has 102 valence electrons. The molecule has 0 fully saturated rings. The van der Waals surface area contributed by atoms with Gasteiger partial charge in [0.2, 0.25) is 0 Å². The van der Waals surface area contributed by atoms with E-state index in [0.29, 0.717) is 11.8 Å². The molecule has 0 aliphatic rings. The summed E-state index contributed by atoms with van der Waals surface area (Å²) < 4.78 is 0. The standard InChI is InChI=1S/C16H27NO/c1-13(2)11-16(12-18)17-10-9-14(3)15-7-5-4-6-8-15/h4-8,13-14,16-18H,9-12H2,1-3H3. The van der Waals surface area contributed by atoms with Crippen molar-refractivity contribution in [3.63, 3.8) is 0 Å². The van der Waals surface area contributed by atoms with Gasteiger partial charge in [-0.3, -0.25) is 0 Å². The molecule has 0 aliphatic heterocycles. The molecule has 0 aliphatic carbocycles. The maximum atomic E-state index is 9.29. The van der Waals surface area contributed by atoms with Crippen LogP contribution in [-0.4, -0.2) is 24.3 Å². The first-order valence-corrected chi connectivity index (χ1v) is 7.02. The topological polar surface area (TPSA) is 32.3 Å². The van der Waals surface area contributed by atoms with Crippen LogP contribution in [0, 0.1) is 5.92 Å². The summed E-state index contributed by atoms with van der Waals surface area (Å²) in [6.45, 7) is 7.84. The van der Waals surface area contributed by atoms with Crippen LogP contribution in [0.2, 0.25) is 0 Å². The van der Waals surface area contributed by atoms with Crippen LogP contribution in [-0.2, 0) is 0 Å². The third-order valence-corrected chi connectivity index (χ3v) is 3.36. The van der Waals surface area contributed by atoms with Crippen molar-refractivity contribution in [1.29, 1.82) is 0 Å². The van der Waals surface area contributed by atoms with Crippen molar-refractivity contribution < 1.29 is 5.11 Å². The van der Waals surface area contributed by atoms with Gasteiger partial charge in [0.25, 0.3) is 0 Å². The van der Waals surface area contributed by atoms with Gasteiger partial charge in [-0.2, -0.15) is 0 Å². The number of aliphatic hydroxyl groups excluding tert-OH is 1. The molecule has 1 aromatic carbocycles. The van der Waals surface area contributed by atoms with Crippen molar-refractivity contribution in [3.8, 4) is 0 Å². The molecule has 0 radical (unpaired) electrons. The van der Waals surface area contributed by atoms with Crippen LogP contribution in [0.1, 0.15) is 45.1 Å². The number of nitrogens with one attached hydrogen (secondary N) is 1. The summed E-state index contributed by atoms with van der Waals surface area (Å²) in [7, 11) is 0. The second kappa shape index (κ2) is 8.28. The predicted octanol–water partition coefficient (Wildman–Crippen LogP) is 3.18. The fourth-order valence-electron chi connectivity index (χ4n) is 2.24. The van der Waals surface area contributed by atoms with E-state index < -0.39 is 0 Å². The van der Waals surface area contributed by atoms with Crippen molar-refractivity contribution in [2.75, 3.05) is 13.2 Å². The van der Waals surface area contributed by atoms with Gasteiger partial charge in [0.1, 0.15) is 0 Å². The van der Waals surface area contributed by atoms with Gasteiger partial charge in [-0.25, -0.2) is 0 Å². The Morgan fingerprint density at radius 3 is 2.33 bits per heavy atom. The Morgan fingerprint density at radius 1 is 1.11 bits per heavy atom. The molecule has 0 spiro atoms. The van der Waals surface area contributed by atoms with Crippen LogP contribution in [0.15, 0.2) is 30.3 Å². The highest BCUT2D eigenvalue weighted by atomic mass is 16.3. The quantitative estimate of drug-likeness (QED) is 0.741. The highest BCUT2D eigenvalue weighted by molar-refractivity contribution is 5.18. The maximum absolute atomic E-state index is 9.29. The Morgan fingerprint density at radius 2 is 1.78 bits per heavy atom. The fraction of sp³-hybridized carbons (Fsp3) is 0.625. The Hall–Kier alpha value is -0.860. The van der Waals surface area contributed by atoms with Crippen LogP contribution < -0.4 is 5.32 Å². The van der Waals surface area contributed by atoms with E-state index in [1.807, 2.05) is 0 Å². The van der Waals surface area contributed by atoms with E-state index in [2.05, 4.69) is 56.4 Å². The van der Waals surface area contributed by atoms with Crippen molar-refractivity contribution in [3.05, 3.63) is 35.9 Å². The minimum atomic E-state index is 0.234. The van der Waals surface area contributed by atoms with Crippen LogP contribution >= 0.6 is 0 Å². The average Bonchev–Trinajstić information content (AvgIpc) is 2.38. The average molecular weight is 249 g/mol. The molecular weight excluding hydrogens is 222 g/mol. The largest absolute Gasteiger partial charge is 0.395 e. The zero-order valence-electron chi connectivity index (χ0n) is 11.9. The van der Waals surface area contributed by atoms with E-state index in [1.165, 1.54) is 5.56 Å². The van der Waals surface area contributed by atoms with Crippen molar-refractivity contribution in [1.82, 2.24) is 5.32 Å². The zero-order valence-corrected chi connectivity index (χ0v) is 11.9. The van der Waals surface area contributed by atoms with Crippen LogP contribution in [0.25, 0.3) is 0 Å². The second-order valence-corrected chi connectivity index (χ2v) is 5.56. The van der Waals surface area contributed by atoms with E-state index >= 15 is 0 Å². The smallest absolute Gasteiger partial charge is 0.0584 e. The molecule has 2 heteroatoms. The molecule has 2 unspecified atom stereocenters. The first-order valence-electron chi connectivity index (χ1n) is 7.02. The third kappa shape index (κ3) is 5.65. The van der Waals surface area contributed by atoms with Gasteiger partial charge >= 0.3 is 0 Å². The Balaban J connectivity index is 2.28. The number of hydrogen-bond acceptors (Lipinski definition) is 2. The minimum absolute atomic E-state index is 0.234. The fourth-order valence-corrected chi connectivity index (χ4v) is 2.24. The summed E-state index contributed by atoms with van der Waals surface area (Å²) in [6, 6.07) is 10.8. The molecule has 1 aromatic rings. The molecular formula is C16H27NO. The number of hydrogen-bond donors (Lipinski definition) is 2. The molecule has 2 N–H and O–H groups in total. The van der Waals surface area contributed by atoms with Gasteiger partial charge in [-0.05, 0) is 36.8 Å². The highest BCUT2D eigenvalue weighted by Crippen LogP contribution is 2.17. The Labute approximate surface area is 111 Å². The SMILES string of the molecule is CC(C)CC(CO)NCCC(C)c1ccccc1. The minimum Gasteiger partial charge on any atom is -0.395 e. The maximum Gasteiger partial charge on any atom is 0.0584 e. The molecule has 2 nitrogen and oxygen atoms in total. The van der Waals surface area contributed by atoms with E-state index in [1.54, 1.807) is 0 Å². The van der Waals surface area contributed by atoms with E-state index in [4.69, 9.17) is 0 Å². The van der Waals surface area contributed by atoms with Gasteiger partial charge in [-0.1, -0.05) is 51.1 Å².